The van der Waals surface area contributed by atoms with Crippen molar-refractivity contribution >= 4 is 49.7 Å². The van der Waals surface area contributed by atoms with E-state index in [0.29, 0.717) is 0 Å². The van der Waals surface area contributed by atoms with Gasteiger partial charge in [-0.15, -0.1) is 0 Å². The Morgan fingerprint density at radius 1 is 0.688 bits per heavy atom. The van der Waals surface area contributed by atoms with Crippen LogP contribution in [0.4, 0.5) is 0 Å². The molecule has 2 N–H and O–H groups in total. The molecule has 0 aliphatic rings. The molecule has 0 aromatic carbocycles. The van der Waals surface area contributed by atoms with E-state index in [-0.39, 0.29) is 70.1 Å². The first-order valence-corrected chi connectivity index (χ1v) is 5.06. The van der Waals surface area contributed by atoms with Crippen molar-refractivity contribution in [2.24, 2.45) is 0 Å². The van der Waals surface area contributed by atoms with Crippen LogP contribution in [0, 0.1) is 0 Å². The van der Waals surface area contributed by atoms with Gasteiger partial charge in [-0.2, -0.15) is 0 Å². The molecule has 88 valence electrons. The Balaban J connectivity index is -0.000000845. The Morgan fingerprint density at radius 2 is 0.938 bits per heavy atom. The zero-order valence-corrected chi connectivity index (χ0v) is 12.0. The number of unbranched alkanes of at least 4 members (excludes halogenated alkanes) is 5. The summed E-state index contributed by atoms with van der Waals surface area (Å²) >= 11 is 0. The minimum Gasteiger partial charge on any atom is 0 e. The van der Waals surface area contributed by atoms with Gasteiger partial charge in [0.05, 0.1) is 0 Å². The first-order valence-electron chi connectivity index (χ1n) is 5.06. The van der Waals surface area contributed by atoms with E-state index in [4.69, 9.17) is 10.2 Å². The molecule has 0 heterocycles. The molecule has 6 heteroatoms. The Kier molecular flexibility index (Phi) is 21.8. The van der Waals surface area contributed by atoms with Gasteiger partial charge in [0.25, 0.3) is 0 Å². The van der Waals surface area contributed by atoms with Crippen molar-refractivity contribution in [2.75, 3.05) is 0 Å². The van der Waals surface area contributed by atoms with E-state index < -0.39 is 11.9 Å². The molecule has 0 radical (unpaired) electrons. The number of carbonyl (C=O) groups is 2. The summed E-state index contributed by atoms with van der Waals surface area (Å²) in [6, 6.07) is 0. The van der Waals surface area contributed by atoms with Gasteiger partial charge in [-0.3, -0.25) is 9.59 Å². The van der Waals surface area contributed by atoms with E-state index in [0.717, 1.165) is 38.5 Å². The number of rotatable bonds is 9. The van der Waals surface area contributed by atoms with Crippen molar-refractivity contribution in [3.63, 3.8) is 0 Å². The molecular weight excluding hydrogens is 290 g/mol. The topological polar surface area (TPSA) is 74.6 Å². The molecule has 0 bridgehead atoms. The molecule has 0 spiro atoms. The van der Waals surface area contributed by atoms with Gasteiger partial charge in [0, 0.05) is 32.3 Å². The summed E-state index contributed by atoms with van der Waals surface area (Å²) in [5.74, 6) is -1.48. The van der Waals surface area contributed by atoms with Crippen molar-refractivity contribution in [3.05, 3.63) is 0 Å². The molecule has 0 fully saturated rings. The molecule has 0 rings (SSSR count). The van der Waals surface area contributed by atoms with Crippen LogP contribution in [0.1, 0.15) is 51.4 Å². The summed E-state index contributed by atoms with van der Waals surface area (Å²) in [6.07, 6.45) is 5.82. The van der Waals surface area contributed by atoms with Gasteiger partial charge < -0.3 is 10.2 Å². The Labute approximate surface area is 139 Å². The first kappa shape index (κ1) is 22.0. The van der Waals surface area contributed by atoms with Gasteiger partial charge in [0.2, 0.25) is 0 Å². The molecule has 0 aromatic rings. The molecule has 16 heavy (non-hydrogen) atoms. The van der Waals surface area contributed by atoms with E-state index in [2.05, 4.69) is 0 Å². The zero-order valence-electron chi connectivity index (χ0n) is 9.07. The normalized spacial score (nSPS) is 8.75. The Hall–Kier alpha value is 0.823. The van der Waals surface area contributed by atoms with Gasteiger partial charge in [0.1, 0.15) is 0 Å². The molecule has 0 aromatic heterocycles. The van der Waals surface area contributed by atoms with Crippen LogP contribution < -0.4 is 0 Å². The van der Waals surface area contributed by atoms with Crippen molar-refractivity contribution in [2.45, 2.75) is 51.4 Å². The number of carboxylic acids is 2. The maximum Gasteiger partial charge on any atom is 0 e. The fourth-order valence-corrected chi connectivity index (χ4v) is 1.26. The van der Waals surface area contributed by atoms with Crippen LogP contribution >= 0.6 is 0 Å². The third kappa shape index (κ3) is 20.3. The number of hydrogen-bond acceptors (Lipinski definition) is 2. The minimum absolute atomic E-state index is 0. The fraction of sp³-hybridized carbons (Fsp3) is 0.800. The van der Waals surface area contributed by atoms with E-state index in [1.165, 1.54) is 0 Å². The maximum absolute atomic E-state index is 10.1. The summed E-state index contributed by atoms with van der Waals surface area (Å²) in [7, 11) is 0. The SMILES string of the molecule is O=C(O)CCCCCCCCC(=O)O.[CaH2].[Zn]. The molecule has 0 atom stereocenters. The summed E-state index contributed by atoms with van der Waals surface area (Å²) in [4.78, 5) is 20.3. The first-order chi connectivity index (χ1) is 6.63. The molecule has 4 nitrogen and oxygen atoms in total. The quantitative estimate of drug-likeness (QED) is 0.498. The van der Waals surface area contributed by atoms with Crippen molar-refractivity contribution in [1.29, 1.82) is 0 Å². The molecule has 0 aliphatic heterocycles. The standard InChI is InChI=1S/C10H18O4.Ca.Zn.2H/c11-9(12)7-5-3-1-2-4-6-8-10(13)14;;;;/h1-8H2,(H,11,12)(H,13,14);;;;. The number of carboxylic acid groups (broad SMARTS) is 2. The summed E-state index contributed by atoms with van der Waals surface area (Å²) in [5.41, 5.74) is 0. The smallest absolute Gasteiger partial charge is 0 e. The fourth-order valence-electron chi connectivity index (χ4n) is 1.26. The Bertz CT molecular complexity index is 168. The van der Waals surface area contributed by atoms with Gasteiger partial charge in [-0.25, -0.2) is 0 Å². The van der Waals surface area contributed by atoms with Gasteiger partial charge >= 0.3 is 49.7 Å². The van der Waals surface area contributed by atoms with Crippen LogP contribution in [0.3, 0.4) is 0 Å². The van der Waals surface area contributed by atoms with Crippen molar-refractivity contribution < 1.29 is 39.3 Å². The second-order valence-corrected chi connectivity index (χ2v) is 3.41. The summed E-state index contributed by atoms with van der Waals surface area (Å²) in [6.45, 7) is 0. The van der Waals surface area contributed by atoms with E-state index in [9.17, 15) is 9.59 Å². The summed E-state index contributed by atoms with van der Waals surface area (Å²) in [5, 5.41) is 16.7. The maximum atomic E-state index is 10.1. The Morgan fingerprint density at radius 3 is 1.19 bits per heavy atom. The summed E-state index contributed by atoms with van der Waals surface area (Å²) < 4.78 is 0. The van der Waals surface area contributed by atoms with Crippen LogP contribution in [0.15, 0.2) is 0 Å². The molecule has 0 unspecified atom stereocenters. The molecule has 0 amide bonds. The van der Waals surface area contributed by atoms with Crippen molar-refractivity contribution in [1.82, 2.24) is 0 Å². The monoisotopic (exact) mass is 308 g/mol. The number of aliphatic carboxylic acids is 2. The van der Waals surface area contributed by atoms with E-state index in [1.807, 2.05) is 0 Å². The van der Waals surface area contributed by atoms with Gasteiger partial charge in [0.15, 0.2) is 0 Å². The molecular formula is C10H20CaO4Zn. The second-order valence-electron chi connectivity index (χ2n) is 3.41. The largest absolute Gasteiger partial charge is 0 e. The zero-order chi connectivity index (χ0) is 10.8. The van der Waals surface area contributed by atoms with Crippen LogP contribution in [0.25, 0.3) is 0 Å². The third-order valence-electron chi connectivity index (χ3n) is 2.03. The van der Waals surface area contributed by atoms with Crippen LogP contribution in [-0.4, -0.2) is 59.9 Å². The predicted octanol–water partition coefficient (Wildman–Crippen LogP) is 1.36. The van der Waals surface area contributed by atoms with Crippen LogP contribution in [0.5, 0.6) is 0 Å². The molecule has 0 saturated heterocycles. The van der Waals surface area contributed by atoms with E-state index in [1.54, 1.807) is 0 Å². The van der Waals surface area contributed by atoms with Crippen LogP contribution in [-0.2, 0) is 29.1 Å². The van der Waals surface area contributed by atoms with Crippen molar-refractivity contribution in [3.8, 4) is 0 Å². The van der Waals surface area contributed by atoms with E-state index >= 15 is 0 Å². The minimum atomic E-state index is -0.740. The van der Waals surface area contributed by atoms with Gasteiger partial charge in [-0.1, -0.05) is 25.7 Å². The average Bonchev–Trinajstić information content (AvgIpc) is 2.08. The third-order valence-corrected chi connectivity index (χ3v) is 2.03. The number of hydrogen-bond donors (Lipinski definition) is 2. The molecule has 0 saturated carbocycles. The van der Waals surface area contributed by atoms with Gasteiger partial charge in [-0.05, 0) is 12.8 Å². The predicted molar refractivity (Wildman–Crippen MR) is 60.8 cm³/mol. The second kappa shape index (κ2) is 15.8. The molecule has 0 aliphatic carbocycles. The average molecular weight is 310 g/mol. The van der Waals surface area contributed by atoms with Crippen LogP contribution in [0.2, 0.25) is 0 Å².